The standard InChI is InChI=1S/C21H20N2O4/c1-14-5-4-6-19(15(14)2)23-21(25)17(12-22)11-16-7-9-18(10-8-16)27-13-20(24)26-3/h4-11H,13H2,1-3H3,(H,23,25)/b17-11+. The van der Waals surface area contributed by atoms with E-state index >= 15 is 0 Å². The van der Waals surface area contributed by atoms with Gasteiger partial charge in [0.15, 0.2) is 6.61 Å². The number of rotatable bonds is 6. The molecule has 0 aliphatic carbocycles. The van der Waals surface area contributed by atoms with Crippen molar-refractivity contribution in [2.24, 2.45) is 0 Å². The van der Waals surface area contributed by atoms with Gasteiger partial charge in [-0.3, -0.25) is 4.79 Å². The van der Waals surface area contributed by atoms with Crippen molar-refractivity contribution in [1.82, 2.24) is 0 Å². The molecule has 0 bridgehead atoms. The molecule has 0 saturated carbocycles. The molecule has 0 aromatic heterocycles. The summed E-state index contributed by atoms with van der Waals surface area (Å²) in [4.78, 5) is 23.5. The minimum atomic E-state index is -0.478. The first-order valence-corrected chi connectivity index (χ1v) is 8.23. The second kappa shape index (κ2) is 9.20. The molecular formula is C21H20N2O4. The van der Waals surface area contributed by atoms with Gasteiger partial charge in [-0.1, -0.05) is 24.3 Å². The fourth-order valence-electron chi connectivity index (χ4n) is 2.25. The predicted octanol–water partition coefficient (Wildman–Crippen LogP) is 3.40. The molecule has 1 N–H and O–H groups in total. The van der Waals surface area contributed by atoms with Gasteiger partial charge in [0, 0.05) is 5.69 Å². The minimum absolute atomic E-state index is 0.0147. The van der Waals surface area contributed by atoms with E-state index < -0.39 is 11.9 Å². The number of nitrogens with one attached hydrogen (secondary N) is 1. The van der Waals surface area contributed by atoms with Gasteiger partial charge in [0.1, 0.15) is 17.4 Å². The third-order valence-corrected chi connectivity index (χ3v) is 3.99. The van der Waals surface area contributed by atoms with E-state index in [1.807, 2.05) is 32.0 Å². The van der Waals surface area contributed by atoms with Crippen molar-refractivity contribution in [2.45, 2.75) is 13.8 Å². The first-order chi connectivity index (χ1) is 12.9. The Labute approximate surface area is 158 Å². The van der Waals surface area contributed by atoms with E-state index in [1.165, 1.54) is 13.2 Å². The SMILES string of the molecule is COC(=O)COc1ccc(/C=C(\C#N)C(=O)Nc2cccc(C)c2C)cc1. The molecule has 0 heterocycles. The summed E-state index contributed by atoms with van der Waals surface area (Å²) in [5.74, 6) is -0.470. The number of nitrogens with zero attached hydrogens (tertiary/aromatic N) is 1. The molecule has 2 rings (SSSR count). The van der Waals surface area contributed by atoms with Crippen LogP contribution in [0.1, 0.15) is 16.7 Å². The summed E-state index contributed by atoms with van der Waals surface area (Å²) in [7, 11) is 1.28. The number of amides is 1. The molecule has 6 nitrogen and oxygen atoms in total. The summed E-state index contributed by atoms with van der Waals surface area (Å²) in [6.07, 6.45) is 1.49. The van der Waals surface area contributed by atoms with Gasteiger partial charge in [0.25, 0.3) is 5.91 Å². The molecule has 138 valence electrons. The largest absolute Gasteiger partial charge is 0.482 e. The van der Waals surface area contributed by atoms with Crippen molar-refractivity contribution < 1.29 is 19.1 Å². The Hall–Kier alpha value is -3.59. The molecule has 0 saturated heterocycles. The van der Waals surface area contributed by atoms with Gasteiger partial charge in [-0.15, -0.1) is 0 Å². The number of hydrogen-bond acceptors (Lipinski definition) is 5. The number of carbonyl (C=O) groups excluding carboxylic acids is 2. The number of ether oxygens (including phenoxy) is 2. The number of aryl methyl sites for hydroxylation is 1. The lowest BCUT2D eigenvalue weighted by Gasteiger charge is -2.10. The van der Waals surface area contributed by atoms with Crippen LogP contribution in [0.5, 0.6) is 5.75 Å². The number of benzene rings is 2. The molecule has 0 fully saturated rings. The maximum absolute atomic E-state index is 12.4. The smallest absolute Gasteiger partial charge is 0.343 e. The van der Waals surface area contributed by atoms with Crippen molar-refractivity contribution in [3.63, 3.8) is 0 Å². The quantitative estimate of drug-likeness (QED) is 0.482. The molecule has 2 aromatic carbocycles. The van der Waals surface area contributed by atoms with Crippen LogP contribution in [-0.4, -0.2) is 25.6 Å². The molecule has 6 heteroatoms. The number of anilines is 1. The number of carbonyl (C=O) groups is 2. The minimum Gasteiger partial charge on any atom is -0.482 e. The molecule has 0 atom stereocenters. The number of hydrogen-bond donors (Lipinski definition) is 1. The normalized spacial score (nSPS) is 10.7. The van der Waals surface area contributed by atoms with Gasteiger partial charge >= 0.3 is 5.97 Å². The van der Waals surface area contributed by atoms with Crippen molar-refractivity contribution in [3.05, 3.63) is 64.7 Å². The Balaban J connectivity index is 2.11. The first-order valence-electron chi connectivity index (χ1n) is 8.23. The summed E-state index contributed by atoms with van der Waals surface area (Å²) >= 11 is 0. The third-order valence-electron chi connectivity index (χ3n) is 3.99. The Kier molecular flexibility index (Phi) is 6.73. The lowest BCUT2D eigenvalue weighted by Crippen LogP contribution is -2.14. The van der Waals surface area contributed by atoms with E-state index in [9.17, 15) is 14.9 Å². The number of methoxy groups -OCH3 is 1. The molecule has 0 aliphatic rings. The van der Waals surface area contributed by atoms with Crippen LogP contribution in [0.3, 0.4) is 0 Å². The average Bonchev–Trinajstić information content (AvgIpc) is 2.68. The highest BCUT2D eigenvalue weighted by Crippen LogP contribution is 2.19. The zero-order valence-electron chi connectivity index (χ0n) is 15.4. The number of esters is 1. The Morgan fingerprint density at radius 3 is 2.48 bits per heavy atom. The predicted molar refractivity (Wildman–Crippen MR) is 102 cm³/mol. The van der Waals surface area contributed by atoms with Crippen molar-refractivity contribution in [1.29, 1.82) is 5.26 Å². The maximum Gasteiger partial charge on any atom is 0.343 e. The fourth-order valence-corrected chi connectivity index (χ4v) is 2.25. The van der Waals surface area contributed by atoms with Crippen LogP contribution < -0.4 is 10.1 Å². The number of nitriles is 1. The maximum atomic E-state index is 12.4. The lowest BCUT2D eigenvalue weighted by molar-refractivity contribution is -0.142. The summed E-state index contributed by atoms with van der Waals surface area (Å²) in [6.45, 7) is 3.68. The van der Waals surface area contributed by atoms with E-state index in [0.717, 1.165) is 11.1 Å². The topological polar surface area (TPSA) is 88.4 Å². The zero-order chi connectivity index (χ0) is 19.8. The van der Waals surface area contributed by atoms with Gasteiger partial charge in [0.05, 0.1) is 7.11 Å². The van der Waals surface area contributed by atoms with Crippen LogP contribution in [0.15, 0.2) is 48.0 Å². The van der Waals surface area contributed by atoms with Crippen LogP contribution in [0.4, 0.5) is 5.69 Å². The molecule has 0 spiro atoms. The molecule has 0 aliphatic heterocycles. The van der Waals surface area contributed by atoms with Crippen LogP contribution in [0.25, 0.3) is 6.08 Å². The zero-order valence-corrected chi connectivity index (χ0v) is 15.4. The fraction of sp³-hybridized carbons (Fsp3) is 0.190. The van der Waals surface area contributed by atoms with E-state index in [-0.39, 0.29) is 12.2 Å². The summed E-state index contributed by atoms with van der Waals surface area (Å²) in [5, 5.41) is 12.1. The second-order valence-corrected chi connectivity index (χ2v) is 5.81. The highest BCUT2D eigenvalue weighted by Gasteiger charge is 2.11. The Morgan fingerprint density at radius 1 is 1.15 bits per heavy atom. The van der Waals surface area contributed by atoms with Gasteiger partial charge in [-0.2, -0.15) is 5.26 Å². The van der Waals surface area contributed by atoms with E-state index in [2.05, 4.69) is 10.1 Å². The van der Waals surface area contributed by atoms with E-state index in [1.54, 1.807) is 30.3 Å². The van der Waals surface area contributed by atoms with Gasteiger partial charge in [-0.25, -0.2) is 4.79 Å². The van der Waals surface area contributed by atoms with Gasteiger partial charge in [0.2, 0.25) is 0 Å². The highest BCUT2D eigenvalue weighted by molar-refractivity contribution is 6.10. The van der Waals surface area contributed by atoms with Gasteiger partial charge in [-0.05, 0) is 54.8 Å². The summed E-state index contributed by atoms with van der Waals surface area (Å²) in [5.41, 5.74) is 3.33. The van der Waals surface area contributed by atoms with Crippen LogP contribution >= 0.6 is 0 Å². The summed E-state index contributed by atoms with van der Waals surface area (Å²) in [6, 6.07) is 14.2. The molecular weight excluding hydrogens is 344 g/mol. The summed E-state index contributed by atoms with van der Waals surface area (Å²) < 4.78 is 9.76. The first kappa shape index (κ1) is 19.7. The Bertz CT molecular complexity index is 909. The monoisotopic (exact) mass is 364 g/mol. The van der Waals surface area contributed by atoms with Crippen LogP contribution in [-0.2, 0) is 14.3 Å². The van der Waals surface area contributed by atoms with Crippen molar-refractivity contribution in [2.75, 3.05) is 19.0 Å². The van der Waals surface area contributed by atoms with E-state index in [4.69, 9.17) is 4.74 Å². The molecule has 1 amide bonds. The molecule has 27 heavy (non-hydrogen) atoms. The Morgan fingerprint density at radius 2 is 1.85 bits per heavy atom. The van der Waals surface area contributed by atoms with Gasteiger partial charge < -0.3 is 14.8 Å². The van der Waals surface area contributed by atoms with E-state index in [0.29, 0.717) is 17.0 Å². The van der Waals surface area contributed by atoms with Crippen LogP contribution in [0.2, 0.25) is 0 Å². The van der Waals surface area contributed by atoms with Crippen molar-refractivity contribution >= 4 is 23.6 Å². The van der Waals surface area contributed by atoms with Crippen LogP contribution in [0, 0.1) is 25.2 Å². The van der Waals surface area contributed by atoms with Crippen molar-refractivity contribution in [3.8, 4) is 11.8 Å². The lowest BCUT2D eigenvalue weighted by atomic mass is 10.1. The highest BCUT2D eigenvalue weighted by atomic mass is 16.6. The molecule has 0 radical (unpaired) electrons. The third kappa shape index (κ3) is 5.44. The average molecular weight is 364 g/mol. The molecule has 2 aromatic rings. The molecule has 0 unspecified atom stereocenters. The second-order valence-electron chi connectivity index (χ2n) is 5.81.